The zero-order chi connectivity index (χ0) is 20.4. The van der Waals surface area contributed by atoms with Gasteiger partial charge in [0.05, 0.1) is 0 Å². The van der Waals surface area contributed by atoms with Crippen LogP contribution in [0.25, 0.3) is 0 Å². The van der Waals surface area contributed by atoms with Gasteiger partial charge in [-0.1, -0.05) is 136 Å². The highest BCUT2D eigenvalue weighted by Gasteiger charge is 1.93. The number of unbranched alkanes of at least 4 members (excludes halogenated alkanes) is 21. The molecule has 0 N–H and O–H groups in total. The minimum absolute atomic E-state index is 1.23. The quantitative estimate of drug-likeness (QED) is 0.120. The van der Waals surface area contributed by atoms with Crippen LogP contribution in [0.2, 0.25) is 0 Å². The van der Waals surface area contributed by atoms with E-state index in [4.69, 9.17) is 0 Å². The van der Waals surface area contributed by atoms with Crippen LogP contribution < -0.4 is 0 Å². The Hall–Kier alpha value is -0.480. The van der Waals surface area contributed by atoms with Gasteiger partial charge in [0.15, 0.2) is 0 Å². The number of hydrogen-bond donors (Lipinski definition) is 0. The fraction of sp³-hybridized carbons (Fsp3) is 0.893. The van der Waals surface area contributed by atoms with Gasteiger partial charge in [-0.05, 0) is 37.8 Å². The minimum atomic E-state index is 1.23. The van der Waals surface area contributed by atoms with Crippen molar-refractivity contribution >= 4 is 0 Å². The molecule has 0 aromatic heterocycles. The van der Waals surface area contributed by atoms with Crippen molar-refractivity contribution in [1.29, 1.82) is 0 Å². The van der Waals surface area contributed by atoms with E-state index < -0.39 is 0 Å². The standard InChI is InChI=1S/C28H54/c1-3-5-7-9-11-13-15-17-19-21-23-25-27-28-26-24-22-20-18-16-14-12-10-8-6-4-2/h23,27H,3-22,24,26,28H2,1-2H3. The SMILES string of the molecule is CCCCCCCCCCCC=C=CCCCCCCCCCCCCCC. The molecular formula is C28H54. The van der Waals surface area contributed by atoms with Gasteiger partial charge >= 0.3 is 0 Å². The molecule has 0 nitrogen and oxygen atoms in total. The van der Waals surface area contributed by atoms with E-state index in [-0.39, 0.29) is 0 Å². The predicted molar refractivity (Wildman–Crippen MR) is 130 cm³/mol. The van der Waals surface area contributed by atoms with E-state index in [9.17, 15) is 0 Å². The Morgan fingerprint density at radius 3 is 0.893 bits per heavy atom. The number of hydrogen-bond acceptors (Lipinski definition) is 0. The molecule has 0 aromatic rings. The van der Waals surface area contributed by atoms with Crippen molar-refractivity contribution in [3.8, 4) is 0 Å². The maximum absolute atomic E-state index is 3.40. The molecule has 0 spiro atoms. The van der Waals surface area contributed by atoms with Gasteiger partial charge < -0.3 is 0 Å². The van der Waals surface area contributed by atoms with Crippen molar-refractivity contribution in [1.82, 2.24) is 0 Å². The van der Waals surface area contributed by atoms with Crippen LogP contribution in [0, 0.1) is 0 Å². The Bertz CT molecular complexity index is 321. The summed E-state index contributed by atoms with van der Waals surface area (Å²) < 4.78 is 0. The Kier molecular flexibility index (Phi) is 26.1. The van der Waals surface area contributed by atoms with Crippen LogP contribution in [0.1, 0.15) is 162 Å². The lowest BCUT2D eigenvalue weighted by molar-refractivity contribution is 0.545. The van der Waals surface area contributed by atoms with Crippen LogP contribution in [0.4, 0.5) is 0 Å². The molecule has 0 fully saturated rings. The molecule has 166 valence electrons. The second-order valence-electron chi connectivity index (χ2n) is 8.87. The second kappa shape index (κ2) is 26.5. The van der Waals surface area contributed by atoms with Gasteiger partial charge in [-0.15, -0.1) is 5.73 Å². The molecular weight excluding hydrogens is 336 g/mol. The van der Waals surface area contributed by atoms with Gasteiger partial charge in [-0.2, -0.15) is 0 Å². The highest BCUT2D eigenvalue weighted by Crippen LogP contribution is 2.13. The largest absolute Gasteiger partial charge is 0.130 e. The summed E-state index contributed by atoms with van der Waals surface area (Å²) in [6, 6.07) is 0. The lowest BCUT2D eigenvalue weighted by atomic mass is 10.0. The third-order valence-corrected chi connectivity index (χ3v) is 5.89. The average Bonchev–Trinajstić information content (AvgIpc) is 2.71. The summed E-state index contributed by atoms with van der Waals surface area (Å²) in [5.41, 5.74) is 3.40. The Balaban J connectivity index is 3.14. The third kappa shape index (κ3) is 25.5. The van der Waals surface area contributed by atoms with Crippen molar-refractivity contribution in [2.24, 2.45) is 0 Å². The fourth-order valence-corrected chi connectivity index (χ4v) is 3.89. The van der Waals surface area contributed by atoms with Crippen LogP contribution in [-0.4, -0.2) is 0 Å². The highest BCUT2D eigenvalue weighted by atomic mass is 14.0. The maximum atomic E-state index is 3.40. The van der Waals surface area contributed by atoms with Crippen molar-refractivity contribution < 1.29 is 0 Å². The van der Waals surface area contributed by atoms with E-state index in [0.717, 1.165) is 0 Å². The third-order valence-electron chi connectivity index (χ3n) is 5.89. The molecule has 0 aromatic carbocycles. The first kappa shape index (κ1) is 27.5. The van der Waals surface area contributed by atoms with Crippen molar-refractivity contribution in [2.75, 3.05) is 0 Å². The van der Waals surface area contributed by atoms with Crippen molar-refractivity contribution in [2.45, 2.75) is 162 Å². The van der Waals surface area contributed by atoms with Gasteiger partial charge in [-0.3, -0.25) is 0 Å². The first-order valence-electron chi connectivity index (χ1n) is 13.3. The van der Waals surface area contributed by atoms with E-state index in [0.29, 0.717) is 0 Å². The van der Waals surface area contributed by atoms with Crippen molar-refractivity contribution in [3.63, 3.8) is 0 Å². The highest BCUT2D eigenvalue weighted by molar-refractivity contribution is 4.84. The maximum Gasteiger partial charge on any atom is -0.0274 e. The number of allylic oxidation sites excluding steroid dienone is 1. The molecule has 0 amide bonds. The lowest BCUT2D eigenvalue weighted by Crippen LogP contribution is -1.82. The lowest BCUT2D eigenvalue weighted by Gasteiger charge is -2.02. The van der Waals surface area contributed by atoms with E-state index >= 15 is 0 Å². The molecule has 0 unspecified atom stereocenters. The molecule has 0 atom stereocenters. The average molecular weight is 391 g/mol. The Morgan fingerprint density at radius 2 is 0.607 bits per heavy atom. The van der Waals surface area contributed by atoms with Gasteiger partial charge in [0.25, 0.3) is 0 Å². The molecule has 0 bridgehead atoms. The van der Waals surface area contributed by atoms with Crippen LogP contribution in [-0.2, 0) is 0 Å². The monoisotopic (exact) mass is 390 g/mol. The van der Waals surface area contributed by atoms with Crippen LogP contribution >= 0.6 is 0 Å². The van der Waals surface area contributed by atoms with E-state index in [1.54, 1.807) is 0 Å². The van der Waals surface area contributed by atoms with Crippen molar-refractivity contribution in [3.05, 3.63) is 17.9 Å². The summed E-state index contributed by atoms with van der Waals surface area (Å²) in [5.74, 6) is 0. The normalized spacial score (nSPS) is 10.8. The van der Waals surface area contributed by atoms with Gasteiger partial charge in [0.2, 0.25) is 0 Å². The predicted octanol–water partition coefficient (Wildman–Crippen LogP) is 10.7. The smallest absolute Gasteiger partial charge is 0.0274 e. The summed E-state index contributed by atoms with van der Waals surface area (Å²) in [4.78, 5) is 0. The molecule has 0 aliphatic rings. The van der Waals surface area contributed by atoms with Gasteiger partial charge in [-0.25, -0.2) is 0 Å². The topological polar surface area (TPSA) is 0 Å². The first-order chi connectivity index (χ1) is 13.9. The second-order valence-corrected chi connectivity index (χ2v) is 8.87. The summed E-state index contributed by atoms with van der Waals surface area (Å²) in [6.45, 7) is 4.59. The fourth-order valence-electron chi connectivity index (χ4n) is 3.89. The Labute approximate surface area is 179 Å². The number of rotatable bonds is 23. The summed E-state index contributed by atoms with van der Waals surface area (Å²) in [6.07, 6.45) is 37.0. The van der Waals surface area contributed by atoms with Gasteiger partial charge in [0.1, 0.15) is 0 Å². The molecule has 0 saturated carbocycles. The van der Waals surface area contributed by atoms with E-state index in [2.05, 4.69) is 31.7 Å². The molecule has 0 heteroatoms. The first-order valence-corrected chi connectivity index (χ1v) is 13.3. The van der Waals surface area contributed by atoms with Gasteiger partial charge in [0, 0.05) is 0 Å². The summed E-state index contributed by atoms with van der Waals surface area (Å²) >= 11 is 0. The Morgan fingerprint density at radius 1 is 0.357 bits per heavy atom. The molecule has 0 saturated heterocycles. The molecule has 0 aliphatic heterocycles. The van der Waals surface area contributed by atoms with Crippen LogP contribution in [0.5, 0.6) is 0 Å². The minimum Gasteiger partial charge on any atom is -0.130 e. The zero-order valence-electron chi connectivity index (χ0n) is 19.9. The molecule has 0 heterocycles. The summed E-state index contributed by atoms with van der Waals surface area (Å²) in [5, 5.41) is 0. The summed E-state index contributed by atoms with van der Waals surface area (Å²) in [7, 11) is 0. The van der Waals surface area contributed by atoms with E-state index in [1.165, 1.54) is 148 Å². The molecule has 0 aliphatic carbocycles. The zero-order valence-corrected chi connectivity index (χ0v) is 19.9. The molecule has 0 radical (unpaired) electrons. The van der Waals surface area contributed by atoms with Crippen LogP contribution in [0.15, 0.2) is 17.9 Å². The van der Waals surface area contributed by atoms with Crippen LogP contribution in [0.3, 0.4) is 0 Å². The van der Waals surface area contributed by atoms with E-state index in [1.807, 2.05) is 0 Å². The molecule has 0 rings (SSSR count). The molecule has 28 heavy (non-hydrogen) atoms.